The van der Waals surface area contributed by atoms with Gasteiger partial charge >= 0.3 is 5.97 Å². The van der Waals surface area contributed by atoms with Gasteiger partial charge in [0.25, 0.3) is 0 Å². The van der Waals surface area contributed by atoms with Crippen molar-refractivity contribution in [3.8, 4) is 17.2 Å². The van der Waals surface area contributed by atoms with Crippen LogP contribution in [0.3, 0.4) is 0 Å². The number of ether oxygens (including phenoxy) is 1. The van der Waals surface area contributed by atoms with Gasteiger partial charge in [0.1, 0.15) is 11.5 Å². The van der Waals surface area contributed by atoms with Crippen LogP contribution in [0.15, 0.2) is 70.3 Å². The maximum atomic E-state index is 11.7. The zero-order valence-corrected chi connectivity index (χ0v) is 19.4. The predicted molar refractivity (Wildman–Crippen MR) is 126 cm³/mol. The monoisotopic (exact) mass is 450 g/mol. The van der Waals surface area contributed by atoms with E-state index in [1.807, 2.05) is 75.4 Å². The number of carbonyl (C=O) groups is 1. The number of nitrogens with one attached hydrogen (secondary N) is 1. The molecule has 3 aromatic rings. The molecule has 7 heteroatoms. The van der Waals surface area contributed by atoms with E-state index < -0.39 is 5.97 Å². The number of nitrogens with zero attached hydrogens (tertiary/aromatic N) is 1. The van der Waals surface area contributed by atoms with E-state index in [9.17, 15) is 9.90 Å². The Morgan fingerprint density at radius 3 is 2.45 bits per heavy atom. The summed E-state index contributed by atoms with van der Waals surface area (Å²) in [7, 11) is 0. The smallest absolute Gasteiger partial charge is 0.333 e. The molecule has 1 heterocycles. The Morgan fingerprint density at radius 2 is 1.82 bits per heavy atom. The van der Waals surface area contributed by atoms with Gasteiger partial charge < -0.3 is 14.3 Å². The second-order valence-corrected chi connectivity index (χ2v) is 7.98. The number of carboxylic acids is 1. The van der Waals surface area contributed by atoms with Crippen molar-refractivity contribution in [2.45, 2.75) is 46.6 Å². The number of allylic oxidation sites excluding steroid dienone is 1. The average Bonchev–Trinajstić information content (AvgIpc) is 3.17. The van der Waals surface area contributed by atoms with Crippen molar-refractivity contribution < 1.29 is 23.9 Å². The van der Waals surface area contributed by atoms with Gasteiger partial charge in [0, 0.05) is 24.1 Å². The summed E-state index contributed by atoms with van der Waals surface area (Å²) in [5.74, 6) is 1.12. The first-order valence-corrected chi connectivity index (χ1v) is 10.9. The Bertz CT molecular complexity index is 1090. The Morgan fingerprint density at radius 1 is 1.12 bits per heavy atom. The molecule has 0 aliphatic rings. The largest absolute Gasteiger partial charge is 0.493 e. The normalized spacial score (nSPS) is 11.9. The molecule has 33 heavy (non-hydrogen) atoms. The number of hydrogen-bond donors (Lipinski definition) is 2. The molecule has 0 aliphatic heterocycles. The summed E-state index contributed by atoms with van der Waals surface area (Å²) < 4.78 is 11.6. The molecule has 2 N–H and O–H groups in total. The average molecular weight is 451 g/mol. The minimum absolute atomic E-state index is 0.0580. The molecular weight excluding hydrogens is 420 g/mol. The van der Waals surface area contributed by atoms with Gasteiger partial charge in [-0.05, 0) is 57.5 Å². The molecule has 0 fully saturated rings. The third-order valence-electron chi connectivity index (χ3n) is 4.98. The number of benzene rings is 2. The van der Waals surface area contributed by atoms with Gasteiger partial charge in [0.05, 0.1) is 24.0 Å². The van der Waals surface area contributed by atoms with Crippen LogP contribution in [0.1, 0.15) is 37.8 Å². The lowest BCUT2D eigenvalue weighted by Gasteiger charge is -2.13. The molecule has 0 spiro atoms. The van der Waals surface area contributed by atoms with Crippen LogP contribution in [-0.4, -0.2) is 28.8 Å². The van der Waals surface area contributed by atoms with Crippen molar-refractivity contribution in [1.29, 1.82) is 0 Å². The number of hydroxylamine groups is 1. The Balaban J connectivity index is 1.56. The fraction of sp³-hybridized carbons (Fsp3) is 0.308. The van der Waals surface area contributed by atoms with Crippen LogP contribution in [0.4, 0.5) is 0 Å². The molecule has 0 atom stereocenters. The van der Waals surface area contributed by atoms with E-state index in [1.165, 1.54) is 0 Å². The van der Waals surface area contributed by atoms with Gasteiger partial charge in [0.15, 0.2) is 0 Å². The lowest BCUT2D eigenvalue weighted by molar-refractivity contribution is -0.133. The third kappa shape index (κ3) is 6.95. The van der Waals surface area contributed by atoms with Crippen molar-refractivity contribution in [1.82, 2.24) is 10.5 Å². The zero-order chi connectivity index (χ0) is 23.8. The van der Waals surface area contributed by atoms with Crippen LogP contribution in [-0.2, 0) is 22.5 Å². The number of rotatable bonds is 11. The summed E-state index contributed by atoms with van der Waals surface area (Å²) in [5.41, 5.74) is 6.13. The Kier molecular flexibility index (Phi) is 8.27. The van der Waals surface area contributed by atoms with Crippen LogP contribution < -0.4 is 10.2 Å². The number of aryl methyl sites for hydroxylation is 1. The van der Waals surface area contributed by atoms with Gasteiger partial charge in [-0.15, -0.1) is 0 Å². The van der Waals surface area contributed by atoms with Gasteiger partial charge in [-0.25, -0.2) is 9.78 Å². The van der Waals surface area contributed by atoms with E-state index in [2.05, 4.69) is 10.5 Å². The summed E-state index contributed by atoms with van der Waals surface area (Å²) in [6.07, 6.45) is 0.838. The summed E-state index contributed by atoms with van der Waals surface area (Å²) >= 11 is 0. The van der Waals surface area contributed by atoms with Gasteiger partial charge in [-0.3, -0.25) is 10.3 Å². The quantitative estimate of drug-likeness (QED) is 0.310. The first-order chi connectivity index (χ1) is 15.8. The summed E-state index contributed by atoms with van der Waals surface area (Å²) in [5, 5.41) is 9.55. The van der Waals surface area contributed by atoms with Crippen LogP contribution >= 0.6 is 0 Å². The van der Waals surface area contributed by atoms with Crippen LogP contribution in [0.25, 0.3) is 11.5 Å². The number of carboxylic acid groups (broad SMARTS) is 1. The third-order valence-corrected chi connectivity index (χ3v) is 4.98. The van der Waals surface area contributed by atoms with E-state index in [4.69, 9.17) is 14.0 Å². The number of oxazole rings is 1. The minimum atomic E-state index is -0.981. The summed E-state index contributed by atoms with van der Waals surface area (Å²) in [6.45, 7) is 7.78. The van der Waals surface area contributed by atoms with Crippen molar-refractivity contribution >= 4 is 5.97 Å². The zero-order valence-electron chi connectivity index (χ0n) is 19.4. The SMILES string of the molecule is CC(NOC(C)C)=C(Cc1ccc(OCCc2nc(-c3ccccc3)oc2C)cc1)C(=O)O. The molecule has 0 aliphatic carbocycles. The molecule has 0 unspecified atom stereocenters. The molecule has 1 aromatic heterocycles. The van der Waals surface area contributed by atoms with Crippen LogP contribution in [0.5, 0.6) is 5.75 Å². The summed E-state index contributed by atoms with van der Waals surface area (Å²) in [4.78, 5) is 21.6. The van der Waals surface area contributed by atoms with E-state index in [0.29, 0.717) is 30.4 Å². The first-order valence-electron chi connectivity index (χ1n) is 10.9. The molecule has 0 saturated heterocycles. The highest BCUT2D eigenvalue weighted by molar-refractivity contribution is 5.87. The van der Waals surface area contributed by atoms with E-state index in [1.54, 1.807) is 6.92 Å². The lowest BCUT2D eigenvalue weighted by atomic mass is 10.0. The molecule has 3 rings (SSSR count). The van der Waals surface area contributed by atoms with E-state index >= 15 is 0 Å². The highest BCUT2D eigenvalue weighted by Crippen LogP contribution is 2.22. The summed E-state index contributed by atoms with van der Waals surface area (Å²) in [6, 6.07) is 17.2. The number of aromatic nitrogens is 1. The van der Waals surface area contributed by atoms with Crippen molar-refractivity contribution in [3.05, 3.63) is 82.9 Å². The minimum Gasteiger partial charge on any atom is -0.493 e. The van der Waals surface area contributed by atoms with E-state index in [-0.39, 0.29) is 18.1 Å². The topological polar surface area (TPSA) is 93.8 Å². The molecule has 0 amide bonds. The highest BCUT2D eigenvalue weighted by Gasteiger charge is 2.14. The maximum Gasteiger partial charge on any atom is 0.333 e. The van der Waals surface area contributed by atoms with Crippen LogP contribution in [0, 0.1) is 6.92 Å². The number of hydrogen-bond acceptors (Lipinski definition) is 6. The van der Waals surface area contributed by atoms with E-state index in [0.717, 1.165) is 22.6 Å². The van der Waals surface area contributed by atoms with Crippen molar-refractivity contribution in [2.75, 3.05) is 6.61 Å². The Hall–Kier alpha value is -3.58. The van der Waals surface area contributed by atoms with Gasteiger partial charge in [-0.1, -0.05) is 30.3 Å². The Labute approximate surface area is 194 Å². The standard InChI is InChI=1S/C26H30N2O5/c1-17(2)33-28-18(3)23(26(29)30)16-20-10-12-22(13-11-20)31-15-14-24-19(4)32-25(27-24)21-8-6-5-7-9-21/h5-13,17,28H,14-16H2,1-4H3,(H,29,30). The second kappa shape index (κ2) is 11.3. The van der Waals surface area contributed by atoms with Gasteiger partial charge in [0.2, 0.25) is 5.89 Å². The van der Waals surface area contributed by atoms with Crippen LogP contribution in [0.2, 0.25) is 0 Å². The predicted octanol–water partition coefficient (Wildman–Crippen LogP) is 5.10. The lowest BCUT2D eigenvalue weighted by Crippen LogP contribution is -2.21. The van der Waals surface area contributed by atoms with Gasteiger partial charge in [-0.2, -0.15) is 0 Å². The first kappa shape index (κ1) is 24.1. The maximum absolute atomic E-state index is 11.7. The molecule has 2 aromatic carbocycles. The molecule has 0 radical (unpaired) electrons. The number of aliphatic carboxylic acids is 1. The fourth-order valence-corrected chi connectivity index (χ4v) is 3.17. The molecule has 7 nitrogen and oxygen atoms in total. The molecule has 0 bridgehead atoms. The fourth-order valence-electron chi connectivity index (χ4n) is 3.17. The molecule has 174 valence electrons. The molecular formula is C26H30N2O5. The van der Waals surface area contributed by atoms with Crippen molar-refractivity contribution in [3.63, 3.8) is 0 Å². The molecule has 0 saturated carbocycles. The second-order valence-electron chi connectivity index (χ2n) is 7.98. The highest BCUT2D eigenvalue weighted by atomic mass is 16.7. The van der Waals surface area contributed by atoms with Crippen molar-refractivity contribution in [2.24, 2.45) is 0 Å².